The molecule has 1 aromatic heterocycles. The van der Waals surface area contributed by atoms with Crippen LogP contribution in [0.5, 0.6) is 0 Å². The first-order valence-corrected chi connectivity index (χ1v) is 4.86. The lowest BCUT2D eigenvalue weighted by atomic mass is 9.99. The molecule has 1 aliphatic carbocycles. The molecule has 1 heterocycles. The fraction of sp³-hybridized carbons (Fsp3) is 0.400. The SMILES string of the molecule is Cc1sc(C)c2c1C=CCC2. The van der Waals surface area contributed by atoms with Gasteiger partial charge in [0, 0.05) is 9.75 Å². The Labute approximate surface area is 71.6 Å². The molecule has 1 heteroatoms. The van der Waals surface area contributed by atoms with Crippen molar-refractivity contribution >= 4 is 17.4 Å². The number of rotatable bonds is 0. The molecule has 0 fully saturated rings. The highest BCUT2D eigenvalue weighted by Crippen LogP contribution is 2.31. The number of hydrogen-bond acceptors (Lipinski definition) is 1. The zero-order chi connectivity index (χ0) is 7.84. The van der Waals surface area contributed by atoms with Crippen LogP contribution in [-0.4, -0.2) is 0 Å². The van der Waals surface area contributed by atoms with Crippen molar-refractivity contribution in [3.8, 4) is 0 Å². The Morgan fingerprint density at radius 1 is 1.27 bits per heavy atom. The zero-order valence-corrected chi connectivity index (χ0v) is 7.79. The monoisotopic (exact) mass is 164 g/mol. The first-order chi connectivity index (χ1) is 5.29. The van der Waals surface area contributed by atoms with E-state index in [1.807, 2.05) is 11.3 Å². The molecular weight excluding hydrogens is 152 g/mol. The van der Waals surface area contributed by atoms with Crippen LogP contribution in [0.4, 0.5) is 0 Å². The summed E-state index contributed by atoms with van der Waals surface area (Å²) in [5, 5.41) is 0. The highest BCUT2D eigenvalue weighted by atomic mass is 32.1. The highest BCUT2D eigenvalue weighted by molar-refractivity contribution is 7.12. The second kappa shape index (κ2) is 2.49. The lowest BCUT2D eigenvalue weighted by Crippen LogP contribution is -1.91. The van der Waals surface area contributed by atoms with Gasteiger partial charge < -0.3 is 0 Å². The Hall–Kier alpha value is -0.560. The van der Waals surface area contributed by atoms with Gasteiger partial charge >= 0.3 is 0 Å². The van der Waals surface area contributed by atoms with E-state index in [1.54, 1.807) is 5.56 Å². The predicted octanol–water partition coefficient (Wildman–Crippen LogP) is 3.32. The Bertz CT molecular complexity index is 305. The molecular formula is C10H12S. The van der Waals surface area contributed by atoms with Crippen LogP contribution in [0.2, 0.25) is 0 Å². The third-order valence-corrected chi connectivity index (χ3v) is 3.36. The maximum atomic E-state index is 2.28. The minimum Gasteiger partial charge on any atom is -0.145 e. The summed E-state index contributed by atoms with van der Waals surface area (Å²) in [7, 11) is 0. The summed E-state index contributed by atoms with van der Waals surface area (Å²) in [4.78, 5) is 3.00. The van der Waals surface area contributed by atoms with Crippen LogP contribution in [0.3, 0.4) is 0 Å². The average Bonchev–Trinajstić information content (AvgIpc) is 2.30. The first kappa shape index (κ1) is 7.11. The number of fused-ring (bicyclic) bond motifs is 1. The fourth-order valence-electron chi connectivity index (χ4n) is 1.71. The van der Waals surface area contributed by atoms with E-state index < -0.39 is 0 Å². The topological polar surface area (TPSA) is 0 Å². The molecule has 2 rings (SSSR count). The van der Waals surface area contributed by atoms with Crippen LogP contribution in [0.15, 0.2) is 6.08 Å². The quantitative estimate of drug-likeness (QED) is 0.551. The van der Waals surface area contributed by atoms with Crippen LogP contribution in [-0.2, 0) is 6.42 Å². The van der Waals surface area contributed by atoms with E-state index >= 15 is 0 Å². The summed E-state index contributed by atoms with van der Waals surface area (Å²) in [6.07, 6.45) is 7.03. The summed E-state index contributed by atoms with van der Waals surface area (Å²) >= 11 is 1.93. The Balaban J connectivity index is 2.63. The van der Waals surface area contributed by atoms with Gasteiger partial charge in [0.05, 0.1) is 0 Å². The van der Waals surface area contributed by atoms with Crippen molar-refractivity contribution in [3.63, 3.8) is 0 Å². The second-order valence-corrected chi connectivity index (χ2v) is 4.48. The molecule has 0 nitrogen and oxygen atoms in total. The smallest absolute Gasteiger partial charge is 0.00921 e. The third kappa shape index (κ3) is 1.04. The van der Waals surface area contributed by atoms with Crippen molar-refractivity contribution in [1.82, 2.24) is 0 Å². The van der Waals surface area contributed by atoms with Gasteiger partial charge in [0.15, 0.2) is 0 Å². The van der Waals surface area contributed by atoms with E-state index in [9.17, 15) is 0 Å². The Morgan fingerprint density at radius 2 is 2.09 bits per heavy atom. The summed E-state index contributed by atoms with van der Waals surface area (Å²) in [6, 6.07) is 0. The lowest BCUT2D eigenvalue weighted by Gasteiger charge is -2.05. The molecule has 58 valence electrons. The normalized spacial score (nSPS) is 15.1. The largest absolute Gasteiger partial charge is 0.145 e. The first-order valence-electron chi connectivity index (χ1n) is 4.04. The summed E-state index contributed by atoms with van der Waals surface area (Å²) in [6.45, 7) is 4.45. The second-order valence-electron chi connectivity index (χ2n) is 3.05. The molecule has 0 amide bonds. The van der Waals surface area contributed by atoms with Gasteiger partial charge in [-0.05, 0) is 37.8 Å². The maximum Gasteiger partial charge on any atom is 0.00921 e. The summed E-state index contributed by atoms with van der Waals surface area (Å²) in [5.74, 6) is 0. The molecule has 0 aromatic carbocycles. The Kier molecular flexibility index (Phi) is 1.61. The average molecular weight is 164 g/mol. The number of aryl methyl sites for hydroxylation is 2. The molecule has 11 heavy (non-hydrogen) atoms. The van der Waals surface area contributed by atoms with Gasteiger partial charge in [-0.25, -0.2) is 0 Å². The zero-order valence-electron chi connectivity index (χ0n) is 6.98. The van der Waals surface area contributed by atoms with Crippen LogP contribution >= 0.6 is 11.3 Å². The van der Waals surface area contributed by atoms with Gasteiger partial charge in [-0.2, -0.15) is 0 Å². The predicted molar refractivity (Wildman–Crippen MR) is 51.1 cm³/mol. The van der Waals surface area contributed by atoms with Crippen LogP contribution in [0.25, 0.3) is 6.08 Å². The minimum atomic E-state index is 1.23. The van der Waals surface area contributed by atoms with Gasteiger partial charge in [0.2, 0.25) is 0 Å². The molecule has 0 bridgehead atoms. The summed E-state index contributed by atoms with van der Waals surface area (Å²) in [5.41, 5.74) is 3.09. The van der Waals surface area contributed by atoms with Crippen molar-refractivity contribution in [2.75, 3.05) is 0 Å². The van der Waals surface area contributed by atoms with Gasteiger partial charge in [-0.15, -0.1) is 11.3 Å². The van der Waals surface area contributed by atoms with Gasteiger partial charge in [-0.3, -0.25) is 0 Å². The van der Waals surface area contributed by atoms with Crippen LogP contribution in [0.1, 0.15) is 27.3 Å². The minimum absolute atomic E-state index is 1.23. The van der Waals surface area contributed by atoms with Crippen LogP contribution in [0, 0.1) is 13.8 Å². The van der Waals surface area contributed by atoms with E-state index in [0.717, 1.165) is 0 Å². The number of hydrogen-bond donors (Lipinski definition) is 0. The molecule has 0 unspecified atom stereocenters. The van der Waals surface area contributed by atoms with E-state index in [1.165, 1.54) is 28.2 Å². The molecule has 0 N–H and O–H groups in total. The molecule has 1 aliphatic rings. The molecule has 0 atom stereocenters. The molecule has 0 radical (unpaired) electrons. The number of thiophene rings is 1. The molecule has 0 spiro atoms. The van der Waals surface area contributed by atoms with Gasteiger partial charge in [0.25, 0.3) is 0 Å². The lowest BCUT2D eigenvalue weighted by molar-refractivity contribution is 0.982. The molecule has 0 saturated heterocycles. The standard InChI is InChI=1S/C10H12S/c1-7-9-5-3-4-6-10(9)8(2)11-7/h3,5H,4,6H2,1-2H3. The maximum absolute atomic E-state index is 2.28. The van der Waals surface area contributed by atoms with E-state index in [0.29, 0.717) is 0 Å². The van der Waals surface area contributed by atoms with Crippen molar-refractivity contribution in [2.24, 2.45) is 0 Å². The molecule has 0 saturated carbocycles. The highest BCUT2D eigenvalue weighted by Gasteiger charge is 2.11. The van der Waals surface area contributed by atoms with Gasteiger partial charge in [-0.1, -0.05) is 12.2 Å². The molecule has 1 aromatic rings. The van der Waals surface area contributed by atoms with Crippen molar-refractivity contribution in [1.29, 1.82) is 0 Å². The van der Waals surface area contributed by atoms with E-state index in [4.69, 9.17) is 0 Å². The number of allylic oxidation sites excluding steroid dienone is 1. The van der Waals surface area contributed by atoms with Crippen LogP contribution < -0.4 is 0 Å². The summed E-state index contributed by atoms with van der Waals surface area (Å²) < 4.78 is 0. The molecule has 0 aliphatic heterocycles. The van der Waals surface area contributed by atoms with Gasteiger partial charge in [0.1, 0.15) is 0 Å². The van der Waals surface area contributed by atoms with Crippen molar-refractivity contribution < 1.29 is 0 Å². The van der Waals surface area contributed by atoms with Crippen molar-refractivity contribution in [2.45, 2.75) is 26.7 Å². The van der Waals surface area contributed by atoms with Crippen molar-refractivity contribution in [3.05, 3.63) is 27.0 Å². The fourth-order valence-corrected chi connectivity index (χ4v) is 2.80. The van der Waals surface area contributed by atoms with E-state index in [-0.39, 0.29) is 0 Å². The van der Waals surface area contributed by atoms with E-state index in [2.05, 4.69) is 26.0 Å². The Morgan fingerprint density at radius 3 is 2.82 bits per heavy atom. The third-order valence-electron chi connectivity index (χ3n) is 2.28.